The molecule has 0 saturated heterocycles. The van der Waals surface area contributed by atoms with Crippen molar-refractivity contribution < 1.29 is 15.3 Å². The van der Waals surface area contributed by atoms with Gasteiger partial charge in [0.15, 0.2) is 0 Å². The van der Waals surface area contributed by atoms with Crippen LogP contribution in [0.15, 0.2) is 18.2 Å². The summed E-state index contributed by atoms with van der Waals surface area (Å²) in [4.78, 5) is 0. The van der Waals surface area contributed by atoms with Gasteiger partial charge in [-0.2, -0.15) is 0 Å². The number of benzene rings is 1. The Bertz CT molecular complexity index is 265. The van der Waals surface area contributed by atoms with E-state index in [1.807, 2.05) is 0 Å². The Hall–Kier alpha value is -0.900. The van der Waals surface area contributed by atoms with Crippen LogP contribution in [0, 0.1) is 0 Å². The van der Waals surface area contributed by atoms with E-state index in [0.29, 0.717) is 16.7 Å². The summed E-state index contributed by atoms with van der Waals surface area (Å²) in [5, 5.41) is 28.4. The van der Waals surface area contributed by atoms with Crippen molar-refractivity contribution in [3.63, 3.8) is 0 Å². The molecule has 0 spiro atoms. The molecule has 1 rings (SSSR count). The maximum atomic E-state index is 9.47. The Labute approximate surface area is 90.0 Å². The summed E-state index contributed by atoms with van der Waals surface area (Å²) in [5.41, 5.74) is 2.14. The van der Waals surface area contributed by atoms with Crippen molar-refractivity contribution >= 4 is 0 Å². The molecular weight excluding hydrogens is 192 g/mol. The largest absolute Gasteiger partial charge is 0.389 e. The first-order valence-corrected chi connectivity index (χ1v) is 5.10. The smallest absolute Gasteiger partial charge is 0.0762 e. The van der Waals surface area contributed by atoms with Crippen molar-refractivity contribution in [2.24, 2.45) is 0 Å². The van der Waals surface area contributed by atoms with E-state index >= 15 is 0 Å². The number of aliphatic hydroxyl groups excluding tert-OH is 3. The molecule has 3 nitrogen and oxygen atoms in total. The van der Waals surface area contributed by atoms with Gasteiger partial charge >= 0.3 is 0 Å². The zero-order valence-electron chi connectivity index (χ0n) is 9.31. The second-order valence-electron chi connectivity index (χ2n) is 3.96. The van der Waals surface area contributed by atoms with Gasteiger partial charge in [-0.3, -0.25) is 0 Å². The molecule has 84 valence electrons. The lowest BCUT2D eigenvalue weighted by molar-refractivity contribution is 0.186. The maximum absolute atomic E-state index is 9.47. The van der Waals surface area contributed by atoms with Crippen molar-refractivity contribution in [2.45, 2.75) is 39.1 Å². The fourth-order valence-corrected chi connectivity index (χ4v) is 1.43. The van der Waals surface area contributed by atoms with E-state index in [9.17, 15) is 15.3 Å². The van der Waals surface area contributed by atoms with Crippen LogP contribution in [-0.2, 0) is 0 Å². The summed E-state index contributed by atoms with van der Waals surface area (Å²) in [6.45, 7) is 4.98. The molecule has 1 aromatic rings. The summed E-state index contributed by atoms with van der Waals surface area (Å²) in [5.74, 6) is 0. The Kier molecular flexibility index (Phi) is 3.85. The second kappa shape index (κ2) is 4.75. The second-order valence-corrected chi connectivity index (χ2v) is 3.96. The number of hydrogen-bond donors (Lipinski definition) is 3. The van der Waals surface area contributed by atoms with Crippen molar-refractivity contribution in [3.05, 3.63) is 34.9 Å². The van der Waals surface area contributed by atoms with Crippen molar-refractivity contribution in [2.75, 3.05) is 0 Å². The van der Waals surface area contributed by atoms with Gasteiger partial charge in [0.25, 0.3) is 0 Å². The fourth-order valence-electron chi connectivity index (χ4n) is 1.43. The number of rotatable bonds is 3. The van der Waals surface area contributed by atoms with Gasteiger partial charge in [-0.25, -0.2) is 0 Å². The summed E-state index contributed by atoms with van der Waals surface area (Å²) < 4.78 is 0. The molecule has 0 unspecified atom stereocenters. The Morgan fingerprint density at radius 3 is 1.00 bits per heavy atom. The van der Waals surface area contributed by atoms with Crippen LogP contribution >= 0.6 is 0 Å². The summed E-state index contributed by atoms with van der Waals surface area (Å²) in [6.07, 6.45) is -1.79. The predicted molar refractivity (Wildman–Crippen MR) is 58.3 cm³/mol. The first kappa shape index (κ1) is 12.2. The van der Waals surface area contributed by atoms with Crippen molar-refractivity contribution in [1.82, 2.24) is 0 Å². The Morgan fingerprint density at radius 2 is 0.867 bits per heavy atom. The monoisotopic (exact) mass is 210 g/mol. The van der Waals surface area contributed by atoms with E-state index < -0.39 is 18.3 Å². The first-order valence-electron chi connectivity index (χ1n) is 5.10. The van der Waals surface area contributed by atoms with Gasteiger partial charge in [0.1, 0.15) is 0 Å². The molecule has 0 aliphatic rings. The molecule has 3 heteroatoms. The van der Waals surface area contributed by atoms with Gasteiger partial charge in [0.2, 0.25) is 0 Å². The minimum absolute atomic E-state index is 0.596. The van der Waals surface area contributed by atoms with E-state index in [4.69, 9.17) is 0 Å². The summed E-state index contributed by atoms with van der Waals surface area (Å²) >= 11 is 0. The molecule has 0 aromatic heterocycles. The van der Waals surface area contributed by atoms with E-state index in [-0.39, 0.29) is 0 Å². The van der Waals surface area contributed by atoms with Crippen LogP contribution < -0.4 is 0 Å². The molecule has 0 amide bonds. The highest BCUT2D eigenvalue weighted by Crippen LogP contribution is 2.24. The fraction of sp³-hybridized carbons (Fsp3) is 0.500. The highest BCUT2D eigenvalue weighted by atomic mass is 16.3. The molecule has 1 aromatic carbocycles. The third-order valence-corrected chi connectivity index (χ3v) is 2.45. The summed E-state index contributed by atoms with van der Waals surface area (Å²) in [7, 11) is 0. The van der Waals surface area contributed by atoms with Crippen LogP contribution in [-0.4, -0.2) is 15.3 Å². The zero-order chi connectivity index (χ0) is 11.6. The van der Waals surface area contributed by atoms with Crippen LogP contribution in [0.2, 0.25) is 0 Å². The molecule has 0 saturated carbocycles. The number of aliphatic hydroxyl groups is 3. The molecule has 0 aliphatic carbocycles. The standard InChI is InChI=1S/C12H18O3/c1-7(13)10-4-11(8(2)14)6-12(5-10)9(3)15/h4-9,13-15H,1-3H3/t7-,8-,9+/m1/s1. The van der Waals surface area contributed by atoms with Crippen LogP contribution in [0.3, 0.4) is 0 Å². The predicted octanol–water partition coefficient (Wildman–Crippen LogP) is 1.85. The molecule has 3 atom stereocenters. The van der Waals surface area contributed by atoms with Crippen LogP contribution in [0.1, 0.15) is 55.8 Å². The van der Waals surface area contributed by atoms with Crippen molar-refractivity contribution in [3.8, 4) is 0 Å². The molecule has 15 heavy (non-hydrogen) atoms. The van der Waals surface area contributed by atoms with Crippen LogP contribution in [0.25, 0.3) is 0 Å². The van der Waals surface area contributed by atoms with Gasteiger partial charge in [-0.15, -0.1) is 0 Å². The molecule has 0 bridgehead atoms. The molecule has 0 aliphatic heterocycles. The third kappa shape index (κ3) is 3.02. The van der Waals surface area contributed by atoms with Gasteiger partial charge in [0.05, 0.1) is 18.3 Å². The van der Waals surface area contributed by atoms with Crippen molar-refractivity contribution in [1.29, 1.82) is 0 Å². The Morgan fingerprint density at radius 1 is 0.667 bits per heavy atom. The lowest BCUT2D eigenvalue weighted by Gasteiger charge is -2.14. The average molecular weight is 210 g/mol. The molecule has 0 heterocycles. The van der Waals surface area contributed by atoms with Crippen LogP contribution in [0.5, 0.6) is 0 Å². The summed E-state index contributed by atoms with van der Waals surface area (Å²) in [6, 6.07) is 5.25. The molecule has 0 fully saturated rings. The first-order chi connectivity index (χ1) is 6.91. The van der Waals surface area contributed by atoms with Gasteiger partial charge in [-0.05, 0) is 37.5 Å². The highest BCUT2D eigenvalue weighted by molar-refractivity contribution is 5.33. The Balaban J connectivity index is 3.20. The third-order valence-electron chi connectivity index (χ3n) is 2.45. The molecule has 3 N–H and O–H groups in total. The quantitative estimate of drug-likeness (QED) is 0.713. The maximum Gasteiger partial charge on any atom is 0.0762 e. The minimum Gasteiger partial charge on any atom is -0.389 e. The van der Waals surface area contributed by atoms with E-state index in [1.54, 1.807) is 39.0 Å². The lowest BCUT2D eigenvalue weighted by atomic mass is 9.98. The van der Waals surface area contributed by atoms with Gasteiger partial charge in [0, 0.05) is 0 Å². The average Bonchev–Trinajstić information content (AvgIpc) is 2.16. The van der Waals surface area contributed by atoms with Crippen LogP contribution in [0.4, 0.5) is 0 Å². The molecular formula is C12H18O3. The lowest BCUT2D eigenvalue weighted by Crippen LogP contribution is -2.01. The zero-order valence-corrected chi connectivity index (χ0v) is 9.31. The van der Waals surface area contributed by atoms with Gasteiger partial charge in [-0.1, -0.05) is 18.2 Å². The highest BCUT2D eigenvalue weighted by Gasteiger charge is 2.11. The molecule has 0 radical (unpaired) electrons. The minimum atomic E-state index is -0.596. The number of hydrogen-bond acceptors (Lipinski definition) is 3. The van der Waals surface area contributed by atoms with E-state index in [2.05, 4.69) is 0 Å². The normalized spacial score (nSPS) is 17.2. The van der Waals surface area contributed by atoms with Gasteiger partial charge < -0.3 is 15.3 Å². The SMILES string of the molecule is C[C@H](O)c1cc([C@@H](C)O)cc([C@@H](C)O)c1. The topological polar surface area (TPSA) is 60.7 Å². The van der Waals surface area contributed by atoms with E-state index in [1.165, 1.54) is 0 Å². The van der Waals surface area contributed by atoms with E-state index in [0.717, 1.165) is 0 Å².